The van der Waals surface area contributed by atoms with Crippen molar-refractivity contribution in [1.82, 2.24) is 10.2 Å². The summed E-state index contributed by atoms with van der Waals surface area (Å²) in [5.41, 5.74) is 1.09. The maximum atomic E-state index is 11.8. The van der Waals surface area contributed by atoms with Gasteiger partial charge in [-0.25, -0.2) is 0 Å². The molecule has 0 aliphatic rings. The molecule has 1 aromatic carbocycles. The Morgan fingerprint density at radius 1 is 1.35 bits per heavy atom. The molecular formula is C16H26N2O2. The molecule has 4 nitrogen and oxygen atoms in total. The van der Waals surface area contributed by atoms with Crippen LogP contribution in [0.3, 0.4) is 0 Å². The average molecular weight is 278 g/mol. The van der Waals surface area contributed by atoms with Gasteiger partial charge in [-0.05, 0) is 26.6 Å². The number of nitrogens with zero attached hydrogens (tertiary/aromatic N) is 1. The van der Waals surface area contributed by atoms with Crippen LogP contribution >= 0.6 is 0 Å². The van der Waals surface area contributed by atoms with E-state index in [9.17, 15) is 4.79 Å². The smallest absolute Gasteiger partial charge is 0.220 e. The van der Waals surface area contributed by atoms with Crippen molar-refractivity contribution in [3.05, 3.63) is 29.8 Å². The lowest BCUT2D eigenvalue weighted by molar-refractivity contribution is -0.121. The molecule has 0 aromatic heterocycles. The Bertz CT molecular complexity index is 419. The van der Waals surface area contributed by atoms with Crippen LogP contribution in [0.5, 0.6) is 5.75 Å². The van der Waals surface area contributed by atoms with Gasteiger partial charge in [0.1, 0.15) is 5.75 Å². The van der Waals surface area contributed by atoms with Gasteiger partial charge in [-0.3, -0.25) is 4.79 Å². The fourth-order valence-electron chi connectivity index (χ4n) is 2.15. The van der Waals surface area contributed by atoms with Crippen LogP contribution in [0.1, 0.15) is 37.8 Å². The first kappa shape index (κ1) is 16.5. The van der Waals surface area contributed by atoms with E-state index in [1.165, 1.54) is 0 Å². The maximum Gasteiger partial charge on any atom is 0.220 e. The molecule has 112 valence electrons. The first-order valence-corrected chi connectivity index (χ1v) is 7.16. The largest absolute Gasteiger partial charge is 0.496 e. The maximum absolute atomic E-state index is 11.8. The topological polar surface area (TPSA) is 41.6 Å². The number of hydrogen-bond donors (Lipinski definition) is 1. The molecule has 1 N–H and O–H groups in total. The number of nitrogens with one attached hydrogen (secondary N) is 1. The van der Waals surface area contributed by atoms with Crippen molar-refractivity contribution in [2.75, 3.05) is 27.7 Å². The number of unbranched alkanes of at least 4 members (excludes halogenated alkanes) is 1. The summed E-state index contributed by atoms with van der Waals surface area (Å²) in [4.78, 5) is 13.8. The van der Waals surface area contributed by atoms with Crippen LogP contribution in [0, 0.1) is 0 Å². The van der Waals surface area contributed by atoms with Crippen molar-refractivity contribution in [1.29, 1.82) is 0 Å². The Hall–Kier alpha value is -1.55. The van der Waals surface area contributed by atoms with Crippen molar-refractivity contribution in [2.45, 2.75) is 32.2 Å². The quantitative estimate of drug-likeness (QED) is 0.794. The Labute approximate surface area is 122 Å². The van der Waals surface area contributed by atoms with Gasteiger partial charge in [-0.1, -0.05) is 31.5 Å². The highest BCUT2D eigenvalue weighted by molar-refractivity contribution is 5.75. The summed E-state index contributed by atoms with van der Waals surface area (Å²) < 4.78 is 5.41. The average Bonchev–Trinajstić information content (AvgIpc) is 2.45. The molecule has 1 aromatic rings. The third-order valence-electron chi connectivity index (χ3n) is 3.37. The number of benzene rings is 1. The molecule has 0 aliphatic carbocycles. The Balaban J connectivity index is 2.72. The summed E-state index contributed by atoms with van der Waals surface area (Å²) in [6.45, 7) is 2.68. The summed E-state index contributed by atoms with van der Waals surface area (Å²) in [5.74, 6) is 0.975. The number of likely N-dealkylation sites (N-methyl/N-ethyl adjacent to an activating group) is 1. The highest BCUT2D eigenvalue weighted by Gasteiger charge is 2.18. The second-order valence-corrected chi connectivity index (χ2v) is 5.13. The molecule has 0 saturated heterocycles. The van der Waals surface area contributed by atoms with E-state index in [4.69, 9.17) is 4.74 Å². The van der Waals surface area contributed by atoms with Crippen molar-refractivity contribution < 1.29 is 9.53 Å². The van der Waals surface area contributed by atoms with Crippen LogP contribution in [0.2, 0.25) is 0 Å². The summed E-state index contributed by atoms with van der Waals surface area (Å²) in [6.07, 6.45) is 2.58. The number of carbonyl (C=O) groups is 1. The molecular weight excluding hydrogens is 252 g/mol. The molecule has 1 atom stereocenters. The van der Waals surface area contributed by atoms with Crippen LogP contribution < -0.4 is 10.1 Å². The number of hydrogen-bond acceptors (Lipinski definition) is 3. The summed E-state index contributed by atoms with van der Waals surface area (Å²) in [6, 6.07) is 8.05. The van der Waals surface area contributed by atoms with E-state index in [1.54, 1.807) is 7.11 Å². The second kappa shape index (κ2) is 8.59. The summed E-state index contributed by atoms with van der Waals surface area (Å²) in [5, 5.41) is 3.01. The molecule has 4 heteroatoms. The lowest BCUT2D eigenvalue weighted by Gasteiger charge is -2.26. The molecule has 20 heavy (non-hydrogen) atoms. The van der Waals surface area contributed by atoms with Gasteiger partial charge < -0.3 is 15.0 Å². The Morgan fingerprint density at radius 3 is 2.65 bits per heavy atom. The monoisotopic (exact) mass is 278 g/mol. The van der Waals surface area contributed by atoms with Gasteiger partial charge in [0.2, 0.25) is 5.91 Å². The first-order chi connectivity index (χ1) is 9.60. The van der Waals surface area contributed by atoms with Gasteiger partial charge in [-0.2, -0.15) is 0 Å². The minimum absolute atomic E-state index is 0.108. The standard InChI is InChI=1S/C16H26N2O2/c1-5-6-11-16(19)17-12-14(18(2)3)13-9-7-8-10-15(13)20-4/h7-10,14H,5-6,11-12H2,1-4H3,(H,17,19)/t14-/m1/s1. The minimum Gasteiger partial charge on any atom is -0.496 e. The van der Waals surface area contributed by atoms with Crippen molar-refractivity contribution >= 4 is 5.91 Å². The highest BCUT2D eigenvalue weighted by atomic mass is 16.5. The molecule has 0 heterocycles. The summed E-state index contributed by atoms with van der Waals surface area (Å²) in [7, 11) is 5.69. The minimum atomic E-state index is 0.108. The first-order valence-electron chi connectivity index (χ1n) is 7.16. The summed E-state index contributed by atoms with van der Waals surface area (Å²) >= 11 is 0. The van der Waals surface area contributed by atoms with Crippen LogP contribution in [-0.2, 0) is 4.79 Å². The van der Waals surface area contributed by atoms with Gasteiger partial charge in [0, 0.05) is 18.5 Å². The lowest BCUT2D eigenvalue weighted by atomic mass is 10.0. The lowest BCUT2D eigenvalue weighted by Crippen LogP contribution is -2.34. The van der Waals surface area contributed by atoms with Gasteiger partial charge in [0.15, 0.2) is 0 Å². The number of ether oxygens (including phenoxy) is 1. The fourth-order valence-corrected chi connectivity index (χ4v) is 2.15. The molecule has 0 spiro atoms. The van der Waals surface area contributed by atoms with Crippen LogP contribution in [0.4, 0.5) is 0 Å². The van der Waals surface area contributed by atoms with Crippen LogP contribution in [0.15, 0.2) is 24.3 Å². The molecule has 0 fully saturated rings. The Morgan fingerprint density at radius 2 is 2.05 bits per heavy atom. The number of methoxy groups -OCH3 is 1. The molecule has 0 radical (unpaired) electrons. The zero-order valence-corrected chi connectivity index (χ0v) is 13.0. The molecule has 0 aliphatic heterocycles. The highest BCUT2D eigenvalue weighted by Crippen LogP contribution is 2.27. The van der Waals surface area contributed by atoms with E-state index in [0.717, 1.165) is 24.2 Å². The zero-order chi connectivity index (χ0) is 15.0. The van der Waals surface area contributed by atoms with E-state index >= 15 is 0 Å². The Kier molecular flexibility index (Phi) is 7.09. The molecule has 1 rings (SSSR count). The SMILES string of the molecule is CCCCC(=O)NC[C@H](c1ccccc1OC)N(C)C. The van der Waals surface area contributed by atoms with Crippen LogP contribution in [0.25, 0.3) is 0 Å². The van der Waals surface area contributed by atoms with Gasteiger partial charge in [0.05, 0.1) is 13.2 Å². The van der Waals surface area contributed by atoms with E-state index in [1.807, 2.05) is 38.4 Å². The molecule has 0 bridgehead atoms. The number of rotatable bonds is 8. The van der Waals surface area contributed by atoms with Gasteiger partial charge >= 0.3 is 0 Å². The predicted octanol–water partition coefficient (Wildman–Crippen LogP) is 2.60. The van der Waals surface area contributed by atoms with Crippen molar-refractivity contribution in [3.8, 4) is 5.75 Å². The van der Waals surface area contributed by atoms with Crippen molar-refractivity contribution in [3.63, 3.8) is 0 Å². The van der Waals surface area contributed by atoms with E-state index in [0.29, 0.717) is 13.0 Å². The van der Waals surface area contributed by atoms with Crippen LogP contribution in [-0.4, -0.2) is 38.6 Å². The zero-order valence-electron chi connectivity index (χ0n) is 13.0. The van der Waals surface area contributed by atoms with Gasteiger partial charge in [-0.15, -0.1) is 0 Å². The van der Waals surface area contributed by atoms with Crippen molar-refractivity contribution in [2.24, 2.45) is 0 Å². The number of amides is 1. The third-order valence-corrected chi connectivity index (χ3v) is 3.37. The fraction of sp³-hybridized carbons (Fsp3) is 0.562. The third kappa shape index (κ3) is 4.85. The molecule has 0 saturated carbocycles. The number of carbonyl (C=O) groups excluding carboxylic acids is 1. The normalized spacial score (nSPS) is 12.2. The molecule has 1 amide bonds. The second-order valence-electron chi connectivity index (χ2n) is 5.13. The van der Waals surface area contributed by atoms with E-state index < -0.39 is 0 Å². The molecule has 0 unspecified atom stereocenters. The number of para-hydroxylation sites is 1. The predicted molar refractivity (Wildman–Crippen MR) is 82.0 cm³/mol. The van der Waals surface area contributed by atoms with E-state index in [-0.39, 0.29) is 11.9 Å². The van der Waals surface area contributed by atoms with E-state index in [2.05, 4.69) is 17.1 Å². The van der Waals surface area contributed by atoms with Gasteiger partial charge in [0.25, 0.3) is 0 Å².